The summed E-state index contributed by atoms with van der Waals surface area (Å²) >= 11 is 0. The summed E-state index contributed by atoms with van der Waals surface area (Å²) in [5, 5.41) is 0. The number of pyridine rings is 1. The molecule has 3 heteroatoms. The van der Waals surface area contributed by atoms with E-state index in [2.05, 4.69) is 22.9 Å². The van der Waals surface area contributed by atoms with Crippen molar-refractivity contribution in [2.75, 3.05) is 13.1 Å². The van der Waals surface area contributed by atoms with Crippen molar-refractivity contribution in [3.05, 3.63) is 30.1 Å². The Labute approximate surface area is 97.7 Å². The third-order valence-corrected chi connectivity index (χ3v) is 3.44. The molecule has 1 aromatic heterocycles. The lowest BCUT2D eigenvalue weighted by Gasteiger charge is -2.32. The topological polar surface area (TPSA) is 42.1 Å². The Kier molecular flexibility index (Phi) is 3.91. The first kappa shape index (κ1) is 11.6. The lowest BCUT2D eigenvalue weighted by atomic mass is 9.98. The minimum Gasteiger partial charge on any atom is -0.326 e. The number of rotatable bonds is 4. The van der Waals surface area contributed by atoms with E-state index in [9.17, 15) is 0 Å². The van der Waals surface area contributed by atoms with Crippen LogP contribution in [0.3, 0.4) is 0 Å². The molecule has 0 aliphatic carbocycles. The van der Waals surface area contributed by atoms with Gasteiger partial charge in [0.05, 0.1) is 6.04 Å². The Morgan fingerprint density at radius 1 is 1.44 bits per heavy atom. The third-order valence-electron chi connectivity index (χ3n) is 3.44. The van der Waals surface area contributed by atoms with E-state index >= 15 is 0 Å². The number of likely N-dealkylation sites (tertiary alicyclic amines) is 1. The van der Waals surface area contributed by atoms with Gasteiger partial charge in [0.2, 0.25) is 0 Å². The number of hydrogen-bond donors (Lipinski definition) is 1. The molecular weight excluding hydrogens is 198 g/mol. The molecule has 1 aromatic rings. The molecule has 1 aliphatic heterocycles. The van der Waals surface area contributed by atoms with Gasteiger partial charge in [0.15, 0.2) is 0 Å². The minimum absolute atomic E-state index is 0.210. The van der Waals surface area contributed by atoms with Crippen molar-refractivity contribution in [1.29, 1.82) is 0 Å². The molecule has 1 fully saturated rings. The highest BCUT2D eigenvalue weighted by atomic mass is 15.2. The predicted molar refractivity (Wildman–Crippen MR) is 66.1 cm³/mol. The van der Waals surface area contributed by atoms with Crippen molar-refractivity contribution >= 4 is 0 Å². The van der Waals surface area contributed by atoms with Crippen molar-refractivity contribution in [1.82, 2.24) is 9.88 Å². The summed E-state index contributed by atoms with van der Waals surface area (Å²) in [6.45, 7) is 4.50. The molecule has 0 bridgehead atoms. The maximum atomic E-state index is 6.26. The van der Waals surface area contributed by atoms with Gasteiger partial charge in [-0.1, -0.05) is 13.0 Å². The van der Waals surface area contributed by atoms with Gasteiger partial charge in [0.1, 0.15) is 0 Å². The molecule has 2 atom stereocenters. The van der Waals surface area contributed by atoms with Crippen LogP contribution in [0.4, 0.5) is 0 Å². The van der Waals surface area contributed by atoms with Crippen molar-refractivity contribution in [3.8, 4) is 0 Å². The summed E-state index contributed by atoms with van der Waals surface area (Å²) in [7, 11) is 0. The second-order valence-corrected chi connectivity index (χ2v) is 4.55. The van der Waals surface area contributed by atoms with Gasteiger partial charge >= 0.3 is 0 Å². The van der Waals surface area contributed by atoms with E-state index in [0.717, 1.165) is 6.42 Å². The Hall–Kier alpha value is -0.930. The quantitative estimate of drug-likeness (QED) is 0.841. The summed E-state index contributed by atoms with van der Waals surface area (Å²) in [4.78, 5) is 6.72. The molecular formula is C13H21N3. The Bertz CT molecular complexity index is 306. The minimum atomic E-state index is 0.210. The van der Waals surface area contributed by atoms with Gasteiger partial charge in [-0.2, -0.15) is 0 Å². The van der Waals surface area contributed by atoms with Crippen LogP contribution in [0.15, 0.2) is 24.5 Å². The van der Waals surface area contributed by atoms with Gasteiger partial charge in [-0.05, 0) is 44.0 Å². The average Bonchev–Trinajstić information content (AvgIpc) is 2.84. The number of nitrogens with two attached hydrogens (primary N) is 1. The van der Waals surface area contributed by atoms with E-state index in [1.165, 1.54) is 31.5 Å². The third kappa shape index (κ3) is 2.42. The van der Waals surface area contributed by atoms with E-state index in [-0.39, 0.29) is 6.04 Å². The molecule has 0 saturated carbocycles. The van der Waals surface area contributed by atoms with Gasteiger partial charge in [0, 0.05) is 18.4 Å². The van der Waals surface area contributed by atoms with Crippen LogP contribution in [0, 0.1) is 0 Å². The molecule has 3 nitrogen and oxygen atoms in total. The van der Waals surface area contributed by atoms with E-state index in [4.69, 9.17) is 5.73 Å². The van der Waals surface area contributed by atoms with E-state index in [0.29, 0.717) is 6.04 Å². The first-order valence-electron chi connectivity index (χ1n) is 6.22. The lowest BCUT2D eigenvalue weighted by Crippen LogP contribution is -2.39. The zero-order chi connectivity index (χ0) is 11.4. The highest BCUT2D eigenvalue weighted by Gasteiger charge is 2.27. The fourth-order valence-corrected chi connectivity index (χ4v) is 2.52. The zero-order valence-corrected chi connectivity index (χ0v) is 9.97. The Balaban J connectivity index is 2.20. The first-order valence-corrected chi connectivity index (χ1v) is 6.22. The van der Waals surface area contributed by atoms with Gasteiger partial charge in [-0.15, -0.1) is 0 Å². The normalized spacial score (nSPS) is 20.9. The Morgan fingerprint density at radius 3 is 2.75 bits per heavy atom. The maximum Gasteiger partial charge on any atom is 0.0514 e. The van der Waals surface area contributed by atoms with E-state index in [1.54, 1.807) is 0 Å². The largest absolute Gasteiger partial charge is 0.326 e. The summed E-state index contributed by atoms with van der Waals surface area (Å²) in [5.41, 5.74) is 7.52. The van der Waals surface area contributed by atoms with Crippen LogP contribution in [0.25, 0.3) is 0 Å². The zero-order valence-electron chi connectivity index (χ0n) is 9.97. The molecule has 1 saturated heterocycles. The molecule has 16 heavy (non-hydrogen) atoms. The van der Waals surface area contributed by atoms with Crippen LogP contribution in [-0.2, 0) is 0 Å². The van der Waals surface area contributed by atoms with Gasteiger partial charge < -0.3 is 5.73 Å². The molecule has 2 N–H and O–H groups in total. The van der Waals surface area contributed by atoms with Crippen LogP contribution in [0.2, 0.25) is 0 Å². The maximum absolute atomic E-state index is 6.26. The first-order chi connectivity index (χ1) is 7.83. The number of aromatic nitrogens is 1. The monoisotopic (exact) mass is 219 g/mol. The molecule has 0 amide bonds. The molecule has 2 unspecified atom stereocenters. The van der Waals surface area contributed by atoms with Gasteiger partial charge in [0.25, 0.3) is 0 Å². The summed E-state index contributed by atoms with van der Waals surface area (Å²) in [6, 6.07) is 4.70. The number of hydrogen-bond acceptors (Lipinski definition) is 3. The van der Waals surface area contributed by atoms with Gasteiger partial charge in [-0.3, -0.25) is 9.88 Å². The fourth-order valence-electron chi connectivity index (χ4n) is 2.52. The van der Waals surface area contributed by atoms with Crippen molar-refractivity contribution in [3.63, 3.8) is 0 Å². The molecule has 88 valence electrons. The summed E-state index contributed by atoms with van der Waals surface area (Å²) in [6.07, 6.45) is 7.39. The SMILES string of the molecule is CCC(N)C(c1cccnc1)N1CCCC1. The highest BCUT2D eigenvalue weighted by Crippen LogP contribution is 2.27. The van der Waals surface area contributed by atoms with E-state index < -0.39 is 0 Å². The van der Waals surface area contributed by atoms with Crippen LogP contribution >= 0.6 is 0 Å². The van der Waals surface area contributed by atoms with Crippen LogP contribution < -0.4 is 5.73 Å². The highest BCUT2D eigenvalue weighted by molar-refractivity contribution is 5.16. The van der Waals surface area contributed by atoms with Gasteiger partial charge in [-0.25, -0.2) is 0 Å². The van der Waals surface area contributed by atoms with Crippen LogP contribution in [0.5, 0.6) is 0 Å². The number of nitrogens with zero attached hydrogens (tertiary/aromatic N) is 2. The van der Waals surface area contributed by atoms with Crippen molar-refractivity contribution < 1.29 is 0 Å². The average molecular weight is 219 g/mol. The van der Waals surface area contributed by atoms with E-state index in [1.807, 2.05) is 18.5 Å². The molecule has 2 rings (SSSR count). The molecule has 0 spiro atoms. The molecule has 0 radical (unpaired) electrons. The fraction of sp³-hybridized carbons (Fsp3) is 0.615. The van der Waals surface area contributed by atoms with Crippen molar-refractivity contribution in [2.45, 2.75) is 38.3 Å². The summed E-state index contributed by atoms with van der Waals surface area (Å²) in [5.74, 6) is 0. The second kappa shape index (κ2) is 5.41. The standard InChI is InChI=1S/C13H21N3/c1-2-12(14)13(16-8-3-4-9-16)11-6-5-7-15-10-11/h5-7,10,12-13H,2-4,8-9,14H2,1H3. The second-order valence-electron chi connectivity index (χ2n) is 4.55. The van der Waals surface area contributed by atoms with Crippen LogP contribution in [-0.4, -0.2) is 29.0 Å². The molecule has 2 heterocycles. The summed E-state index contributed by atoms with van der Waals surface area (Å²) < 4.78 is 0. The molecule has 0 aromatic carbocycles. The van der Waals surface area contributed by atoms with Crippen LogP contribution in [0.1, 0.15) is 37.8 Å². The smallest absolute Gasteiger partial charge is 0.0514 e. The van der Waals surface area contributed by atoms with Crippen molar-refractivity contribution in [2.24, 2.45) is 5.73 Å². The molecule has 1 aliphatic rings. The predicted octanol–water partition coefficient (Wildman–Crippen LogP) is 1.96. The Morgan fingerprint density at radius 2 is 2.19 bits per heavy atom. The lowest BCUT2D eigenvalue weighted by molar-refractivity contribution is 0.209.